The van der Waals surface area contributed by atoms with Crippen LogP contribution in [0, 0.1) is 6.92 Å². The molecule has 0 aromatic carbocycles. The van der Waals surface area contributed by atoms with E-state index in [1.807, 2.05) is 31.3 Å². The van der Waals surface area contributed by atoms with Gasteiger partial charge in [0.25, 0.3) is 0 Å². The SMILES string of the molecule is Cc1ccc(C(C)NC(C)C(=O)NC(N)=O)s1. The monoisotopic (exact) mass is 255 g/mol. The smallest absolute Gasteiger partial charge is 0.318 e. The quantitative estimate of drug-likeness (QED) is 0.758. The molecule has 6 heteroatoms. The van der Waals surface area contributed by atoms with E-state index < -0.39 is 18.0 Å². The molecule has 2 atom stereocenters. The number of rotatable bonds is 4. The van der Waals surface area contributed by atoms with Crippen LogP contribution < -0.4 is 16.4 Å². The molecule has 0 spiro atoms. The Morgan fingerprint density at radius 1 is 1.35 bits per heavy atom. The van der Waals surface area contributed by atoms with Crippen molar-refractivity contribution < 1.29 is 9.59 Å². The van der Waals surface area contributed by atoms with Crippen LogP contribution in [0.1, 0.15) is 29.6 Å². The minimum absolute atomic E-state index is 0.0577. The fraction of sp³-hybridized carbons (Fsp3) is 0.455. The van der Waals surface area contributed by atoms with Gasteiger partial charge in [-0.25, -0.2) is 4.79 Å². The van der Waals surface area contributed by atoms with Gasteiger partial charge in [-0.3, -0.25) is 15.4 Å². The molecule has 94 valence electrons. The molecule has 0 saturated heterocycles. The first-order valence-electron chi connectivity index (χ1n) is 5.33. The fourth-order valence-corrected chi connectivity index (χ4v) is 2.34. The van der Waals surface area contributed by atoms with Crippen LogP contribution >= 0.6 is 11.3 Å². The summed E-state index contributed by atoms with van der Waals surface area (Å²) in [6.07, 6.45) is 0. The van der Waals surface area contributed by atoms with E-state index in [4.69, 9.17) is 5.73 Å². The van der Waals surface area contributed by atoms with Gasteiger partial charge in [0.1, 0.15) is 0 Å². The number of carbonyl (C=O) groups excluding carboxylic acids is 2. The summed E-state index contributed by atoms with van der Waals surface area (Å²) >= 11 is 1.68. The Morgan fingerprint density at radius 2 is 2.00 bits per heavy atom. The van der Waals surface area contributed by atoms with E-state index in [0.29, 0.717) is 0 Å². The average molecular weight is 255 g/mol. The highest BCUT2D eigenvalue weighted by Crippen LogP contribution is 2.22. The van der Waals surface area contributed by atoms with Crippen LogP contribution in [0.25, 0.3) is 0 Å². The second-order valence-electron chi connectivity index (χ2n) is 3.91. The first-order chi connectivity index (χ1) is 7.90. The third kappa shape index (κ3) is 4.16. The average Bonchev–Trinajstić information content (AvgIpc) is 2.63. The Balaban J connectivity index is 2.53. The van der Waals surface area contributed by atoms with Crippen LogP contribution in [0.2, 0.25) is 0 Å². The van der Waals surface area contributed by atoms with E-state index in [9.17, 15) is 9.59 Å². The maximum absolute atomic E-state index is 11.5. The van der Waals surface area contributed by atoms with Gasteiger partial charge in [0.05, 0.1) is 6.04 Å². The first-order valence-corrected chi connectivity index (χ1v) is 6.14. The van der Waals surface area contributed by atoms with Gasteiger partial charge in [0, 0.05) is 15.8 Å². The van der Waals surface area contributed by atoms with Crippen molar-refractivity contribution in [2.75, 3.05) is 0 Å². The zero-order chi connectivity index (χ0) is 13.0. The number of nitrogens with two attached hydrogens (primary N) is 1. The van der Waals surface area contributed by atoms with Crippen molar-refractivity contribution in [3.05, 3.63) is 21.9 Å². The van der Waals surface area contributed by atoms with Crippen LogP contribution in [0.4, 0.5) is 4.79 Å². The Kier molecular flexibility index (Phi) is 4.65. The summed E-state index contributed by atoms with van der Waals surface area (Å²) in [6, 6.07) is 2.81. The predicted octanol–water partition coefficient (Wildman–Crippen LogP) is 1.29. The number of aryl methyl sites for hydroxylation is 1. The molecule has 0 aliphatic carbocycles. The number of hydrogen-bond acceptors (Lipinski definition) is 4. The molecule has 2 unspecified atom stereocenters. The molecule has 1 heterocycles. The molecule has 1 aromatic rings. The Morgan fingerprint density at radius 3 is 2.47 bits per heavy atom. The minimum Gasteiger partial charge on any atom is -0.351 e. The number of thiophene rings is 1. The number of imide groups is 1. The molecule has 0 saturated carbocycles. The van der Waals surface area contributed by atoms with E-state index in [1.165, 1.54) is 4.88 Å². The van der Waals surface area contributed by atoms with Crippen LogP contribution in [-0.2, 0) is 4.79 Å². The summed E-state index contributed by atoms with van der Waals surface area (Å²) in [5.74, 6) is -0.419. The first kappa shape index (κ1) is 13.7. The number of primary amides is 1. The molecule has 0 bridgehead atoms. The van der Waals surface area contributed by atoms with Crippen LogP contribution in [0.3, 0.4) is 0 Å². The van der Waals surface area contributed by atoms with Gasteiger partial charge >= 0.3 is 6.03 Å². The van der Waals surface area contributed by atoms with E-state index in [2.05, 4.69) is 5.32 Å². The predicted molar refractivity (Wildman–Crippen MR) is 67.8 cm³/mol. The maximum atomic E-state index is 11.5. The van der Waals surface area contributed by atoms with Crippen LogP contribution in [-0.4, -0.2) is 18.0 Å². The van der Waals surface area contributed by atoms with Gasteiger partial charge in [0.15, 0.2) is 0 Å². The summed E-state index contributed by atoms with van der Waals surface area (Å²) in [6.45, 7) is 5.69. The van der Waals surface area contributed by atoms with Gasteiger partial charge in [-0.1, -0.05) is 0 Å². The zero-order valence-electron chi connectivity index (χ0n) is 10.1. The lowest BCUT2D eigenvalue weighted by atomic mass is 10.2. The maximum Gasteiger partial charge on any atom is 0.318 e. The molecule has 5 nitrogen and oxygen atoms in total. The van der Waals surface area contributed by atoms with Gasteiger partial charge in [-0.2, -0.15) is 0 Å². The molecular formula is C11H17N3O2S. The van der Waals surface area contributed by atoms with Crippen molar-refractivity contribution in [3.8, 4) is 0 Å². The van der Waals surface area contributed by atoms with E-state index in [-0.39, 0.29) is 6.04 Å². The van der Waals surface area contributed by atoms with Crippen LogP contribution in [0.15, 0.2) is 12.1 Å². The molecule has 3 amide bonds. The van der Waals surface area contributed by atoms with Crippen molar-refractivity contribution in [2.45, 2.75) is 32.9 Å². The fourth-order valence-electron chi connectivity index (χ4n) is 1.45. The number of nitrogens with one attached hydrogen (secondary N) is 2. The molecule has 0 radical (unpaired) electrons. The van der Waals surface area contributed by atoms with E-state index in [0.717, 1.165) is 4.88 Å². The molecule has 1 rings (SSSR count). The van der Waals surface area contributed by atoms with Crippen LogP contribution in [0.5, 0.6) is 0 Å². The van der Waals surface area contributed by atoms with Crippen molar-refractivity contribution in [3.63, 3.8) is 0 Å². The molecule has 0 aliphatic rings. The van der Waals surface area contributed by atoms with Gasteiger partial charge in [-0.05, 0) is 32.9 Å². The molecule has 0 fully saturated rings. The number of amides is 3. The molecule has 1 aromatic heterocycles. The highest BCUT2D eigenvalue weighted by molar-refractivity contribution is 7.12. The molecule has 4 N–H and O–H groups in total. The lowest BCUT2D eigenvalue weighted by molar-refractivity contribution is -0.121. The summed E-state index contributed by atoms with van der Waals surface area (Å²) in [5.41, 5.74) is 4.88. The molecular weight excluding hydrogens is 238 g/mol. The largest absolute Gasteiger partial charge is 0.351 e. The minimum atomic E-state index is -0.830. The van der Waals surface area contributed by atoms with Gasteiger partial charge in [0.2, 0.25) is 5.91 Å². The third-order valence-electron chi connectivity index (χ3n) is 2.33. The Labute approximate surface area is 104 Å². The highest BCUT2D eigenvalue weighted by Gasteiger charge is 2.17. The summed E-state index contributed by atoms with van der Waals surface area (Å²) in [7, 11) is 0. The molecule has 0 aliphatic heterocycles. The number of urea groups is 1. The van der Waals surface area contributed by atoms with Crippen molar-refractivity contribution in [2.24, 2.45) is 5.73 Å². The normalized spacial score (nSPS) is 14.1. The lowest BCUT2D eigenvalue weighted by Crippen LogP contribution is -2.46. The Hall–Kier alpha value is -1.40. The van der Waals surface area contributed by atoms with Crippen molar-refractivity contribution in [1.29, 1.82) is 0 Å². The summed E-state index contributed by atoms with van der Waals surface area (Å²) in [4.78, 5) is 24.4. The van der Waals surface area contributed by atoms with Crippen molar-refractivity contribution in [1.82, 2.24) is 10.6 Å². The standard InChI is InChI=1S/C11H17N3O2S/c1-6-4-5-9(17-6)7(2)13-8(3)10(15)14-11(12)16/h4-5,7-8,13H,1-3H3,(H3,12,14,15,16). The van der Waals surface area contributed by atoms with Gasteiger partial charge < -0.3 is 5.73 Å². The highest BCUT2D eigenvalue weighted by atomic mass is 32.1. The van der Waals surface area contributed by atoms with E-state index in [1.54, 1.807) is 18.3 Å². The Bertz CT molecular complexity index is 417. The number of hydrogen-bond donors (Lipinski definition) is 3. The number of carbonyl (C=O) groups is 2. The zero-order valence-corrected chi connectivity index (χ0v) is 10.9. The summed E-state index contributed by atoms with van der Waals surface area (Å²) in [5, 5.41) is 5.15. The third-order valence-corrected chi connectivity index (χ3v) is 3.51. The van der Waals surface area contributed by atoms with E-state index >= 15 is 0 Å². The molecule has 17 heavy (non-hydrogen) atoms. The second-order valence-corrected chi connectivity index (χ2v) is 5.23. The second kappa shape index (κ2) is 5.79. The summed E-state index contributed by atoms with van der Waals surface area (Å²) < 4.78 is 0. The topological polar surface area (TPSA) is 84.2 Å². The van der Waals surface area contributed by atoms with Crippen molar-refractivity contribution >= 4 is 23.3 Å². The lowest BCUT2D eigenvalue weighted by Gasteiger charge is -2.17. The van der Waals surface area contributed by atoms with Gasteiger partial charge in [-0.15, -0.1) is 11.3 Å².